The Morgan fingerprint density at radius 3 is 1.97 bits per heavy atom. The largest absolute Gasteiger partial charge is 0.462 e. The van der Waals surface area contributed by atoms with Crippen LogP contribution in [0.1, 0.15) is 35.8 Å². The number of pyridine rings is 1. The van der Waals surface area contributed by atoms with Crippen molar-refractivity contribution < 1.29 is 123 Å². The zero-order chi connectivity index (χ0) is 74.4. The van der Waals surface area contributed by atoms with Gasteiger partial charge in [-0.05, 0) is 46.5 Å². The Balaban J connectivity index is 0.831. The molecule has 0 aliphatic carbocycles. The third-order valence-corrected chi connectivity index (χ3v) is 19.2. The molecule has 564 valence electrons. The van der Waals surface area contributed by atoms with E-state index >= 15 is 9.59 Å². The first-order chi connectivity index (χ1) is 49.9. The summed E-state index contributed by atoms with van der Waals surface area (Å²) in [6.45, 7) is -3.16. The lowest BCUT2D eigenvalue weighted by Gasteiger charge is -2.48. The van der Waals surface area contributed by atoms with Crippen LogP contribution in [0, 0.1) is 10.8 Å². The molecule has 23 N–H and O–H groups in total. The van der Waals surface area contributed by atoms with E-state index < -0.39 is 239 Å². The third kappa shape index (κ3) is 16.8. The zero-order valence-corrected chi connectivity index (χ0v) is 55.6. The van der Waals surface area contributed by atoms with Crippen LogP contribution < -0.4 is 52.6 Å². The summed E-state index contributed by atoms with van der Waals surface area (Å²) in [4.78, 5) is 92.6. The molecule has 7 aliphatic rings. The molecule has 0 bridgehead atoms. The maximum absolute atomic E-state index is 15.2. The molecule has 38 heteroatoms. The minimum atomic E-state index is -2.36. The topological polar surface area (TPSA) is 582 Å². The summed E-state index contributed by atoms with van der Waals surface area (Å²) < 4.78 is 41.7. The number of carbonyl (C=O) groups is 6. The molecule has 26 atom stereocenters. The summed E-state index contributed by atoms with van der Waals surface area (Å²) in [5.41, 5.74) is 2.98. The molecule has 7 saturated heterocycles. The van der Waals surface area contributed by atoms with Gasteiger partial charge in [-0.15, -0.1) is 0 Å². The lowest BCUT2D eigenvalue weighted by molar-refractivity contribution is -0.383. The van der Waals surface area contributed by atoms with E-state index in [1.807, 2.05) is 18.2 Å². The van der Waals surface area contributed by atoms with Crippen LogP contribution in [0.15, 0.2) is 103 Å². The number of ether oxygens (including phenoxy) is 7. The molecular formula is C66H85N13O25. The van der Waals surface area contributed by atoms with Crippen molar-refractivity contribution in [3.63, 3.8) is 0 Å². The number of aliphatic hydroxyl groups is 12. The summed E-state index contributed by atoms with van der Waals surface area (Å²) in [7, 11) is 0. The van der Waals surface area contributed by atoms with Gasteiger partial charge in [0.1, 0.15) is 121 Å². The Hall–Kier alpha value is -8.75. The molecule has 0 spiro atoms. The molecule has 6 amide bonds. The summed E-state index contributed by atoms with van der Waals surface area (Å²) >= 11 is 0. The molecule has 1 aromatic heterocycles. The number of nitrogens with zero attached hydrogens (tertiary/aromatic N) is 2. The quantitative estimate of drug-likeness (QED) is 0.0440. The first-order valence-electron chi connectivity index (χ1n) is 33.5. The van der Waals surface area contributed by atoms with Gasteiger partial charge in [0.05, 0.1) is 45.1 Å². The molecule has 4 aromatic rings. The predicted octanol–water partition coefficient (Wildman–Crippen LogP) is -9.37. The Morgan fingerprint density at radius 1 is 0.596 bits per heavy atom. The van der Waals surface area contributed by atoms with Crippen LogP contribution >= 0.6 is 0 Å². The number of guanidine groups is 2. The van der Waals surface area contributed by atoms with Crippen LogP contribution in [0.3, 0.4) is 0 Å². The van der Waals surface area contributed by atoms with Crippen LogP contribution in [0.2, 0.25) is 0 Å². The second-order valence-corrected chi connectivity index (χ2v) is 26.1. The maximum atomic E-state index is 15.2. The van der Waals surface area contributed by atoms with Crippen molar-refractivity contribution in [3.8, 4) is 16.9 Å². The van der Waals surface area contributed by atoms with Crippen LogP contribution in [0.5, 0.6) is 5.75 Å². The van der Waals surface area contributed by atoms with Gasteiger partial charge in [-0.3, -0.25) is 44.6 Å². The van der Waals surface area contributed by atoms with Gasteiger partial charge in [0.25, 0.3) is 0 Å². The van der Waals surface area contributed by atoms with Crippen molar-refractivity contribution in [2.45, 2.75) is 172 Å². The van der Waals surface area contributed by atoms with E-state index in [4.69, 9.17) is 44.0 Å². The first kappa shape index (κ1) is 76.4. The lowest BCUT2D eigenvalue weighted by atomic mass is 9.92. The molecule has 3 aromatic carbocycles. The normalized spacial score (nSPS) is 35.6. The van der Waals surface area contributed by atoms with Crippen molar-refractivity contribution in [2.24, 2.45) is 0 Å². The fraction of sp³-hybridized carbons (Fsp3) is 0.530. The number of amides is 6. The van der Waals surface area contributed by atoms with Crippen molar-refractivity contribution in [1.82, 2.24) is 57.7 Å². The monoisotopic (exact) mass is 1460 g/mol. The molecule has 0 saturated carbocycles. The average molecular weight is 1460 g/mol. The minimum Gasteiger partial charge on any atom is -0.462 e. The van der Waals surface area contributed by atoms with E-state index in [1.54, 1.807) is 67.8 Å². The SMILES string of the molecule is CC(c1ccccc1)C1NC(=O)CNC(=O)C(CO)NC(=O)C(C(O)C2CNC(=N)N2C2OC(CO)C(O)C(O)C2O)NC(=O)C(C(O)C2CNC(=N)N2)NC(=O)C(Cc2ccc(OC3OC(CO)C(OC4OC5COC(c6cccc(-c7cccnc7)c6)OC5C(O)C4O)C(O)C3O)cc2)NC1=O. The highest BCUT2D eigenvalue weighted by atomic mass is 16.8. The molecule has 104 heavy (non-hydrogen) atoms. The van der Waals surface area contributed by atoms with Gasteiger partial charge in [-0.2, -0.15) is 0 Å². The number of nitrogens with one attached hydrogen (secondary N) is 11. The second-order valence-electron chi connectivity index (χ2n) is 26.1. The summed E-state index contributed by atoms with van der Waals surface area (Å²) in [5.74, 6) is -9.24. The van der Waals surface area contributed by atoms with Crippen molar-refractivity contribution in [1.29, 1.82) is 10.8 Å². The van der Waals surface area contributed by atoms with Crippen LogP contribution in [-0.2, 0) is 63.6 Å². The van der Waals surface area contributed by atoms with E-state index in [0.717, 1.165) is 16.0 Å². The van der Waals surface area contributed by atoms with Crippen molar-refractivity contribution in [2.75, 3.05) is 46.1 Å². The zero-order valence-electron chi connectivity index (χ0n) is 55.6. The fourth-order valence-electron chi connectivity index (χ4n) is 13.4. The van der Waals surface area contributed by atoms with Crippen LogP contribution in [0.4, 0.5) is 0 Å². The third-order valence-electron chi connectivity index (χ3n) is 19.2. The number of aromatic nitrogens is 1. The molecule has 26 unspecified atom stereocenters. The summed E-state index contributed by atoms with van der Waals surface area (Å²) in [6.07, 6.45) is -27.8. The molecule has 11 rings (SSSR count). The number of carbonyl (C=O) groups excluding carboxylic acids is 6. The van der Waals surface area contributed by atoms with Crippen LogP contribution in [-0.4, -0.2) is 311 Å². The Labute approximate surface area is 592 Å². The number of fused-ring (bicyclic) bond motifs is 1. The van der Waals surface area contributed by atoms with Gasteiger partial charge in [-0.25, -0.2) is 0 Å². The van der Waals surface area contributed by atoms with E-state index in [9.17, 15) is 80.5 Å². The van der Waals surface area contributed by atoms with Gasteiger partial charge in [0.2, 0.25) is 41.7 Å². The van der Waals surface area contributed by atoms with Gasteiger partial charge in [0.15, 0.2) is 30.7 Å². The smallest absolute Gasteiger partial charge is 0.246 e. The highest BCUT2D eigenvalue weighted by molar-refractivity contribution is 5.98. The Bertz CT molecular complexity index is 3670. The summed E-state index contributed by atoms with van der Waals surface area (Å²) in [5, 5.41) is 173. The van der Waals surface area contributed by atoms with Crippen molar-refractivity contribution >= 4 is 47.4 Å². The maximum Gasteiger partial charge on any atom is 0.246 e. The molecule has 7 aliphatic heterocycles. The predicted molar refractivity (Wildman–Crippen MR) is 352 cm³/mol. The van der Waals surface area contributed by atoms with E-state index in [0.29, 0.717) is 11.1 Å². The number of hydrogen-bond donors (Lipinski definition) is 23. The molecule has 7 fully saturated rings. The highest BCUT2D eigenvalue weighted by Crippen LogP contribution is 2.38. The van der Waals surface area contributed by atoms with E-state index in [2.05, 4.69) is 52.8 Å². The molecule has 38 nitrogen and oxygen atoms in total. The number of rotatable bonds is 18. The highest BCUT2D eigenvalue weighted by Gasteiger charge is 2.56. The number of benzene rings is 3. The van der Waals surface area contributed by atoms with Gasteiger partial charge >= 0.3 is 0 Å². The van der Waals surface area contributed by atoms with Crippen LogP contribution in [0.25, 0.3) is 11.1 Å². The first-order valence-corrected chi connectivity index (χ1v) is 33.5. The number of hydrogen-bond acceptors (Lipinski definition) is 28. The van der Waals surface area contributed by atoms with E-state index in [-0.39, 0.29) is 30.4 Å². The van der Waals surface area contributed by atoms with Crippen molar-refractivity contribution in [3.05, 3.63) is 120 Å². The van der Waals surface area contributed by atoms with Gasteiger partial charge < -0.3 is 147 Å². The standard InChI is InChI=1S/C66H85N13O25/c1-27(29-7-3-2-4-8-29)42-58(95)73-34(17-28-12-14-33(15-13-28)99-63-52(91)49(88)54(39(25-82)101-63)104-64-53(92)50(89)55-40(102-64)26-98-62(103-55)31-10-5-9-30(18-31)32-11-6-16-69-19-32)57(94)77-43(45(84)35-20-71-65(67)75-35)60(97)78-44(59(96)74-36(23-80)56(93)70-22-41(83)76-42)46(85)37-21-72-66(68)79(37)61-51(90)48(87)47(86)38(24-81)100-61/h2-16,18-19,27,34-40,42-55,61-64,80-82,84-92H,17,20-26H2,1H3,(H2,68,72)(H,70,93)(H,73,95)(H,74,96)(H,76,83)(H,77,94)(H,78,97)(H3,67,71,75). The molecular weight excluding hydrogens is 1370 g/mol. The molecule has 0 radical (unpaired) electrons. The Morgan fingerprint density at radius 2 is 1.28 bits per heavy atom. The fourth-order valence-corrected chi connectivity index (χ4v) is 13.4. The Kier molecular flexibility index (Phi) is 24.7. The lowest BCUT2D eigenvalue weighted by Crippen LogP contribution is -2.69. The second kappa shape index (κ2) is 33.6. The van der Waals surface area contributed by atoms with Gasteiger partial charge in [0, 0.05) is 43.4 Å². The average Bonchev–Trinajstić information content (AvgIpc) is 1.37. The minimum absolute atomic E-state index is 0.0545. The number of aliphatic hydroxyl groups excluding tert-OH is 12. The summed E-state index contributed by atoms with van der Waals surface area (Å²) in [6, 6.07) is 11.8. The molecule has 8 heterocycles. The van der Waals surface area contributed by atoms with Gasteiger partial charge in [-0.1, -0.05) is 73.7 Å². The van der Waals surface area contributed by atoms with E-state index in [1.165, 1.54) is 24.3 Å².